The van der Waals surface area contributed by atoms with E-state index < -0.39 is 49.5 Å². The molecule has 482 valence electrons. The number of nitrogens with one attached hydrogen (secondary N) is 1. The van der Waals surface area contributed by atoms with Crippen molar-refractivity contribution in [3.05, 3.63) is 36.5 Å². The molecule has 1 saturated heterocycles. The van der Waals surface area contributed by atoms with Gasteiger partial charge < -0.3 is 45.1 Å². The fourth-order valence-corrected chi connectivity index (χ4v) is 11.2. The number of carbonyl (C=O) groups is 2. The Morgan fingerprint density at radius 3 is 1.21 bits per heavy atom. The van der Waals surface area contributed by atoms with Gasteiger partial charge in [-0.1, -0.05) is 294 Å². The smallest absolute Gasteiger partial charge is 0.305 e. The summed E-state index contributed by atoms with van der Waals surface area (Å²) in [5, 5.41) is 54.4. The van der Waals surface area contributed by atoms with Gasteiger partial charge in [-0.05, 0) is 70.6 Å². The standard InChI is InChI=1S/C71H133NO10/c1-3-5-7-9-11-13-15-38-41-45-49-53-57-64(74)63(62-81-71-70(79)69(78)68(77)65(61-73)82-71)72-66(75)58-54-50-46-42-39-35-33-31-29-27-25-23-21-19-17-16-18-20-22-24-26-28-30-32-34-36-40-44-48-52-56-60-80-67(76)59-55-51-47-43-37-14-12-10-8-6-4-2/h18,20,38,41,53,57,63-65,68-71,73-74,77-79H,3-17,19,21-37,39-40,42-52,54-56,58-62H2,1-2H3,(H,72,75)/b20-18-,41-38+,57-53+. The molecule has 0 bridgehead atoms. The van der Waals surface area contributed by atoms with Crippen LogP contribution in [0.25, 0.3) is 0 Å². The highest BCUT2D eigenvalue weighted by molar-refractivity contribution is 5.76. The van der Waals surface area contributed by atoms with Gasteiger partial charge >= 0.3 is 5.97 Å². The molecular formula is C71H133NO10. The van der Waals surface area contributed by atoms with Gasteiger partial charge in [-0.15, -0.1) is 0 Å². The molecule has 1 aliphatic rings. The van der Waals surface area contributed by atoms with Crippen LogP contribution in [0.2, 0.25) is 0 Å². The molecule has 1 rings (SSSR count). The fourth-order valence-electron chi connectivity index (χ4n) is 11.2. The maximum atomic E-state index is 13.0. The zero-order chi connectivity index (χ0) is 59.5. The van der Waals surface area contributed by atoms with Crippen molar-refractivity contribution in [2.45, 2.75) is 384 Å². The van der Waals surface area contributed by atoms with Crippen molar-refractivity contribution < 1.29 is 49.3 Å². The van der Waals surface area contributed by atoms with E-state index in [0.717, 1.165) is 51.4 Å². The van der Waals surface area contributed by atoms with Gasteiger partial charge in [-0.3, -0.25) is 9.59 Å². The lowest BCUT2D eigenvalue weighted by Gasteiger charge is -2.40. The maximum absolute atomic E-state index is 13.0. The van der Waals surface area contributed by atoms with Crippen molar-refractivity contribution in [1.82, 2.24) is 5.32 Å². The largest absolute Gasteiger partial charge is 0.466 e. The van der Waals surface area contributed by atoms with E-state index in [0.29, 0.717) is 19.4 Å². The van der Waals surface area contributed by atoms with Crippen LogP contribution in [0.4, 0.5) is 0 Å². The van der Waals surface area contributed by atoms with Gasteiger partial charge in [0.15, 0.2) is 6.29 Å². The molecule has 1 fully saturated rings. The second kappa shape index (κ2) is 60.6. The van der Waals surface area contributed by atoms with Crippen LogP contribution in [0.1, 0.15) is 341 Å². The van der Waals surface area contributed by atoms with E-state index in [1.165, 1.54) is 263 Å². The molecule has 0 aromatic carbocycles. The highest BCUT2D eigenvalue weighted by Gasteiger charge is 2.44. The molecule has 7 atom stereocenters. The van der Waals surface area contributed by atoms with E-state index in [2.05, 4.69) is 43.5 Å². The summed E-state index contributed by atoms with van der Waals surface area (Å²) in [6, 6.07) is -0.825. The van der Waals surface area contributed by atoms with Crippen molar-refractivity contribution in [2.24, 2.45) is 0 Å². The van der Waals surface area contributed by atoms with Crippen molar-refractivity contribution in [3.8, 4) is 0 Å². The third kappa shape index (κ3) is 49.0. The van der Waals surface area contributed by atoms with E-state index in [4.69, 9.17) is 14.2 Å². The lowest BCUT2D eigenvalue weighted by atomic mass is 9.99. The summed E-state index contributed by atoms with van der Waals surface area (Å²) >= 11 is 0. The maximum Gasteiger partial charge on any atom is 0.305 e. The van der Waals surface area contributed by atoms with E-state index in [9.17, 15) is 35.1 Å². The number of esters is 1. The van der Waals surface area contributed by atoms with E-state index in [1.54, 1.807) is 6.08 Å². The number of ether oxygens (including phenoxy) is 3. The fraction of sp³-hybridized carbons (Fsp3) is 0.887. The average Bonchev–Trinajstić information content (AvgIpc) is 3.68. The molecule has 11 nitrogen and oxygen atoms in total. The first-order valence-corrected chi connectivity index (χ1v) is 35.3. The first-order chi connectivity index (χ1) is 40.2. The molecular weight excluding hydrogens is 1030 g/mol. The molecule has 0 aromatic rings. The Morgan fingerprint density at radius 1 is 0.439 bits per heavy atom. The minimum atomic E-state index is -1.58. The van der Waals surface area contributed by atoms with Gasteiger partial charge in [0.05, 0.1) is 32.0 Å². The lowest BCUT2D eigenvalue weighted by Crippen LogP contribution is -2.60. The lowest BCUT2D eigenvalue weighted by molar-refractivity contribution is -0.302. The molecule has 0 spiro atoms. The monoisotopic (exact) mass is 1160 g/mol. The van der Waals surface area contributed by atoms with Gasteiger partial charge in [0, 0.05) is 12.8 Å². The van der Waals surface area contributed by atoms with Crippen molar-refractivity contribution in [1.29, 1.82) is 0 Å². The molecule has 0 radical (unpaired) electrons. The zero-order valence-corrected chi connectivity index (χ0v) is 53.5. The van der Waals surface area contributed by atoms with Gasteiger partial charge in [0.1, 0.15) is 24.4 Å². The molecule has 1 heterocycles. The van der Waals surface area contributed by atoms with Crippen LogP contribution < -0.4 is 5.32 Å². The predicted molar refractivity (Wildman–Crippen MR) is 343 cm³/mol. The third-order valence-electron chi connectivity index (χ3n) is 16.7. The SMILES string of the molecule is CCCCCCCC/C=C/CC/C=C/C(O)C(COC1OC(CO)C(O)C(O)C1O)NC(=O)CCCCCCCCCCCCCCCCC/C=C\CCCCCCCCCCCCCCOC(=O)CCCCCCCCCCCCC. The number of rotatable bonds is 62. The number of hydrogen-bond acceptors (Lipinski definition) is 10. The number of unbranched alkanes of at least 4 members (excludes halogenated alkanes) is 44. The van der Waals surface area contributed by atoms with E-state index >= 15 is 0 Å². The van der Waals surface area contributed by atoms with E-state index in [1.807, 2.05) is 6.08 Å². The topological polar surface area (TPSA) is 175 Å². The number of hydrogen-bond donors (Lipinski definition) is 6. The van der Waals surface area contributed by atoms with Gasteiger partial charge in [0.2, 0.25) is 5.91 Å². The van der Waals surface area contributed by atoms with Crippen LogP contribution in [-0.4, -0.2) is 100 Å². The quantitative estimate of drug-likeness (QED) is 0.0195. The zero-order valence-electron chi connectivity index (χ0n) is 53.5. The normalized spacial score (nSPS) is 18.4. The second-order valence-corrected chi connectivity index (χ2v) is 24.6. The van der Waals surface area contributed by atoms with Crippen LogP contribution in [0.15, 0.2) is 36.5 Å². The average molecular weight is 1160 g/mol. The summed E-state index contributed by atoms with van der Waals surface area (Å²) < 4.78 is 16.7. The van der Waals surface area contributed by atoms with Crippen molar-refractivity contribution in [2.75, 3.05) is 19.8 Å². The van der Waals surface area contributed by atoms with Crippen LogP contribution in [0, 0.1) is 0 Å². The van der Waals surface area contributed by atoms with Gasteiger partial charge in [0.25, 0.3) is 0 Å². The summed E-state index contributed by atoms with van der Waals surface area (Å²) in [6.45, 7) is 4.34. The summed E-state index contributed by atoms with van der Waals surface area (Å²) in [5.74, 6) is -0.180. The first kappa shape index (κ1) is 77.9. The highest BCUT2D eigenvalue weighted by atomic mass is 16.7. The van der Waals surface area contributed by atoms with Crippen LogP contribution in [0.5, 0.6) is 0 Å². The van der Waals surface area contributed by atoms with Crippen LogP contribution in [-0.2, 0) is 23.8 Å². The molecule has 0 aromatic heterocycles. The van der Waals surface area contributed by atoms with E-state index in [-0.39, 0.29) is 18.5 Å². The Labute approximate surface area is 504 Å². The minimum Gasteiger partial charge on any atom is -0.466 e. The Kier molecular flexibility index (Phi) is 57.5. The number of allylic oxidation sites excluding steroid dienone is 5. The summed E-state index contributed by atoms with van der Waals surface area (Å²) in [7, 11) is 0. The molecule has 0 aliphatic carbocycles. The predicted octanol–water partition coefficient (Wildman–Crippen LogP) is 17.8. The van der Waals surface area contributed by atoms with Crippen LogP contribution in [0.3, 0.4) is 0 Å². The van der Waals surface area contributed by atoms with Crippen molar-refractivity contribution >= 4 is 11.9 Å². The highest BCUT2D eigenvalue weighted by Crippen LogP contribution is 2.23. The van der Waals surface area contributed by atoms with Crippen LogP contribution >= 0.6 is 0 Å². The molecule has 6 N–H and O–H groups in total. The molecule has 0 saturated carbocycles. The Balaban J connectivity index is 1.96. The number of aliphatic hydroxyl groups is 5. The van der Waals surface area contributed by atoms with Gasteiger partial charge in [-0.25, -0.2) is 0 Å². The molecule has 1 aliphatic heterocycles. The third-order valence-corrected chi connectivity index (χ3v) is 16.7. The number of amides is 1. The summed E-state index contributed by atoms with van der Waals surface area (Å²) in [6.07, 6.45) is 67.1. The molecule has 7 unspecified atom stereocenters. The number of carbonyl (C=O) groups excluding carboxylic acids is 2. The molecule has 82 heavy (non-hydrogen) atoms. The summed E-state index contributed by atoms with van der Waals surface area (Å²) in [4.78, 5) is 25.1. The number of aliphatic hydroxyl groups excluding tert-OH is 5. The summed E-state index contributed by atoms with van der Waals surface area (Å²) in [5.41, 5.74) is 0. The minimum absolute atomic E-state index is 0.00942. The second-order valence-electron chi connectivity index (χ2n) is 24.6. The Morgan fingerprint density at radius 2 is 0.793 bits per heavy atom. The molecule has 11 heteroatoms. The Hall–Kier alpha value is -2.12. The van der Waals surface area contributed by atoms with Crippen molar-refractivity contribution in [3.63, 3.8) is 0 Å². The van der Waals surface area contributed by atoms with Gasteiger partial charge in [-0.2, -0.15) is 0 Å². The Bertz CT molecular complexity index is 1460. The molecule has 1 amide bonds. The first-order valence-electron chi connectivity index (χ1n) is 35.3.